The predicted octanol–water partition coefficient (Wildman–Crippen LogP) is 3.43. The molecule has 30 heavy (non-hydrogen) atoms. The van der Waals surface area contributed by atoms with E-state index in [-0.39, 0.29) is 23.0 Å². The summed E-state index contributed by atoms with van der Waals surface area (Å²) in [5.74, 6) is -0.267. The number of nitrogens with zero attached hydrogens (tertiary/aromatic N) is 3. The molecule has 3 aromatic rings. The van der Waals surface area contributed by atoms with Crippen LogP contribution in [-0.4, -0.2) is 56.1 Å². The van der Waals surface area contributed by atoms with Crippen molar-refractivity contribution in [2.75, 3.05) is 36.8 Å². The van der Waals surface area contributed by atoms with Crippen LogP contribution in [0.3, 0.4) is 0 Å². The van der Waals surface area contributed by atoms with Crippen molar-refractivity contribution in [2.45, 2.75) is 25.2 Å². The van der Waals surface area contributed by atoms with Crippen molar-refractivity contribution in [3.8, 4) is 0 Å². The average Bonchev–Trinajstić information content (AvgIpc) is 3.16. The molecule has 6 nitrogen and oxygen atoms in total. The van der Waals surface area contributed by atoms with Crippen LogP contribution in [0.4, 0.5) is 5.13 Å². The number of amides is 1. The summed E-state index contributed by atoms with van der Waals surface area (Å²) in [6, 6.07) is 13.0. The van der Waals surface area contributed by atoms with Crippen LogP contribution >= 0.6 is 11.3 Å². The highest BCUT2D eigenvalue weighted by atomic mass is 32.2. The van der Waals surface area contributed by atoms with Crippen LogP contribution in [0, 0.1) is 13.8 Å². The molecular weight excluding hydrogens is 418 g/mol. The number of rotatable bonds is 5. The maximum absolute atomic E-state index is 12.6. The number of hydrogen-bond donors (Lipinski definition) is 0. The van der Waals surface area contributed by atoms with E-state index in [2.05, 4.69) is 24.0 Å². The Morgan fingerprint density at radius 3 is 2.37 bits per heavy atom. The SMILES string of the molecule is Cc1ccc(S(=O)(=O)CCC(=O)N2CCN(c3nc4ccc(C)cc4s3)CC2)cc1. The number of sulfone groups is 1. The van der Waals surface area contributed by atoms with Gasteiger partial charge in [-0.15, -0.1) is 0 Å². The molecule has 2 heterocycles. The van der Waals surface area contributed by atoms with Gasteiger partial charge in [-0.2, -0.15) is 0 Å². The lowest BCUT2D eigenvalue weighted by Gasteiger charge is -2.34. The normalized spacial score (nSPS) is 15.0. The van der Waals surface area contributed by atoms with Crippen molar-refractivity contribution in [2.24, 2.45) is 0 Å². The third kappa shape index (κ3) is 4.49. The van der Waals surface area contributed by atoms with Gasteiger partial charge in [0.1, 0.15) is 0 Å². The summed E-state index contributed by atoms with van der Waals surface area (Å²) in [6.45, 7) is 6.55. The van der Waals surface area contributed by atoms with E-state index in [9.17, 15) is 13.2 Å². The summed E-state index contributed by atoms with van der Waals surface area (Å²) in [5.41, 5.74) is 3.22. The minimum Gasteiger partial charge on any atom is -0.345 e. The first kappa shape index (κ1) is 20.8. The Kier molecular flexibility index (Phi) is 5.79. The van der Waals surface area contributed by atoms with Gasteiger partial charge in [0.05, 0.1) is 20.9 Å². The number of aromatic nitrogens is 1. The van der Waals surface area contributed by atoms with E-state index in [1.165, 1.54) is 10.3 Å². The van der Waals surface area contributed by atoms with Gasteiger partial charge >= 0.3 is 0 Å². The van der Waals surface area contributed by atoms with E-state index in [4.69, 9.17) is 4.98 Å². The third-order valence-corrected chi connectivity index (χ3v) is 8.21. The molecule has 0 unspecified atom stereocenters. The van der Waals surface area contributed by atoms with Crippen molar-refractivity contribution < 1.29 is 13.2 Å². The highest BCUT2D eigenvalue weighted by Crippen LogP contribution is 2.30. The number of hydrogen-bond acceptors (Lipinski definition) is 6. The molecule has 0 bridgehead atoms. The first-order chi connectivity index (χ1) is 14.3. The molecule has 1 aromatic heterocycles. The summed E-state index contributed by atoms with van der Waals surface area (Å²) in [4.78, 5) is 21.5. The second-order valence-electron chi connectivity index (χ2n) is 7.72. The van der Waals surface area contributed by atoms with Crippen LogP contribution in [0.25, 0.3) is 10.2 Å². The van der Waals surface area contributed by atoms with Gasteiger partial charge in [0.2, 0.25) is 5.91 Å². The maximum Gasteiger partial charge on any atom is 0.223 e. The lowest BCUT2D eigenvalue weighted by Crippen LogP contribution is -2.49. The molecule has 4 rings (SSSR count). The zero-order valence-electron chi connectivity index (χ0n) is 17.2. The smallest absolute Gasteiger partial charge is 0.223 e. The van der Waals surface area contributed by atoms with Crippen LogP contribution < -0.4 is 4.90 Å². The highest BCUT2D eigenvalue weighted by Gasteiger charge is 2.25. The molecule has 1 aliphatic heterocycles. The van der Waals surface area contributed by atoms with Gasteiger partial charge < -0.3 is 9.80 Å². The van der Waals surface area contributed by atoms with E-state index < -0.39 is 9.84 Å². The first-order valence-corrected chi connectivity index (χ1v) is 12.5. The van der Waals surface area contributed by atoms with E-state index in [0.717, 1.165) is 16.2 Å². The molecule has 1 fully saturated rings. The predicted molar refractivity (Wildman–Crippen MR) is 121 cm³/mol. The molecule has 0 N–H and O–H groups in total. The van der Waals surface area contributed by atoms with Gasteiger partial charge in [0.15, 0.2) is 15.0 Å². The standard InChI is InChI=1S/C22H25N3O3S2/c1-16-3-6-18(7-4-16)30(27,28)14-9-21(26)24-10-12-25(13-11-24)22-23-19-8-5-17(2)15-20(19)29-22/h3-8,15H,9-14H2,1-2H3. The Morgan fingerprint density at radius 2 is 1.67 bits per heavy atom. The van der Waals surface area contributed by atoms with E-state index in [0.29, 0.717) is 26.2 Å². The number of piperazine rings is 1. The van der Waals surface area contributed by atoms with Crippen molar-refractivity contribution in [1.29, 1.82) is 0 Å². The average molecular weight is 444 g/mol. The first-order valence-electron chi connectivity index (χ1n) is 10.0. The van der Waals surface area contributed by atoms with Crippen LogP contribution in [-0.2, 0) is 14.6 Å². The van der Waals surface area contributed by atoms with Crippen LogP contribution in [0.15, 0.2) is 47.4 Å². The number of fused-ring (bicyclic) bond motifs is 1. The topological polar surface area (TPSA) is 70.6 Å². The summed E-state index contributed by atoms with van der Waals surface area (Å²) in [5, 5.41) is 0.977. The zero-order chi connectivity index (χ0) is 21.3. The van der Waals surface area contributed by atoms with Crippen molar-refractivity contribution in [3.63, 3.8) is 0 Å². The Bertz CT molecular complexity index is 1160. The fourth-order valence-corrected chi connectivity index (χ4v) is 5.89. The lowest BCUT2D eigenvalue weighted by molar-refractivity contribution is -0.131. The van der Waals surface area contributed by atoms with Gasteiger partial charge in [-0.05, 0) is 43.7 Å². The second-order valence-corrected chi connectivity index (χ2v) is 10.8. The quantitative estimate of drug-likeness (QED) is 0.604. The van der Waals surface area contributed by atoms with Gasteiger partial charge in [-0.3, -0.25) is 4.79 Å². The number of carbonyl (C=O) groups is 1. The molecule has 0 radical (unpaired) electrons. The number of benzene rings is 2. The summed E-state index contributed by atoms with van der Waals surface area (Å²) >= 11 is 1.67. The van der Waals surface area contributed by atoms with Gasteiger partial charge in [-0.1, -0.05) is 35.1 Å². The van der Waals surface area contributed by atoms with E-state index in [1.807, 2.05) is 13.0 Å². The molecule has 0 saturated carbocycles. The van der Waals surface area contributed by atoms with E-state index >= 15 is 0 Å². The molecule has 1 aliphatic rings. The van der Waals surface area contributed by atoms with E-state index in [1.54, 1.807) is 40.5 Å². The van der Waals surface area contributed by atoms with Gasteiger partial charge in [0, 0.05) is 32.6 Å². The van der Waals surface area contributed by atoms with Crippen molar-refractivity contribution >= 4 is 42.4 Å². The lowest BCUT2D eigenvalue weighted by atomic mass is 10.2. The molecule has 2 aromatic carbocycles. The van der Waals surface area contributed by atoms with Crippen LogP contribution in [0.5, 0.6) is 0 Å². The summed E-state index contributed by atoms with van der Waals surface area (Å²) in [6.07, 6.45) is 0.0105. The van der Waals surface area contributed by atoms with Crippen molar-refractivity contribution in [3.05, 3.63) is 53.6 Å². The zero-order valence-corrected chi connectivity index (χ0v) is 18.8. The second kappa shape index (κ2) is 8.35. The van der Waals surface area contributed by atoms with Crippen LogP contribution in [0.2, 0.25) is 0 Å². The maximum atomic E-state index is 12.6. The minimum atomic E-state index is -3.45. The molecule has 0 spiro atoms. The Morgan fingerprint density at radius 1 is 1.00 bits per heavy atom. The number of anilines is 1. The highest BCUT2D eigenvalue weighted by molar-refractivity contribution is 7.91. The minimum absolute atomic E-state index is 0.0105. The Hall–Kier alpha value is -2.45. The molecule has 8 heteroatoms. The molecule has 0 atom stereocenters. The van der Waals surface area contributed by atoms with Crippen LogP contribution in [0.1, 0.15) is 17.5 Å². The molecule has 0 aliphatic carbocycles. The summed E-state index contributed by atoms with van der Waals surface area (Å²) in [7, 11) is -3.45. The van der Waals surface area contributed by atoms with Gasteiger partial charge in [0.25, 0.3) is 0 Å². The Balaban J connectivity index is 1.33. The Labute approximate surface area is 181 Å². The summed E-state index contributed by atoms with van der Waals surface area (Å²) < 4.78 is 26.2. The molecular formula is C22H25N3O3S2. The molecule has 1 saturated heterocycles. The number of aryl methyl sites for hydroxylation is 2. The third-order valence-electron chi connectivity index (χ3n) is 5.40. The van der Waals surface area contributed by atoms with Gasteiger partial charge in [-0.25, -0.2) is 13.4 Å². The molecule has 1 amide bonds. The molecule has 158 valence electrons. The van der Waals surface area contributed by atoms with Crippen molar-refractivity contribution in [1.82, 2.24) is 9.88 Å². The largest absolute Gasteiger partial charge is 0.345 e. The number of carbonyl (C=O) groups excluding carboxylic acids is 1. The monoisotopic (exact) mass is 443 g/mol. The fraction of sp³-hybridized carbons (Fsp3) is 0.364. The number of thiazole rings is 1. The fourth-order valence-electron chi connectivity index (χ4n) is 3.55.